The van der Waals surface area contributed by atoms with Gasteiger partial charge in [-0.1, -0.05) is 6.92 Å². The minimum atomic E-state index is -1.06. The molecule has 1 aromatic rings. The van der Waals surface area contributed by atoms with Gasteiger partial charge in [0, 0.05) is 5.56 Å². The number of aliphatic carboxylic acids is 1. The molecule has 1 amide bonds. The Hall–Kier alpha value is -2.35. The summed E-state index contributed by atoms with van der Waals surface area (Å²) in [5.74, 6) is -1.52. The molecule has 5 nitrogen and oxygen atoms in total. The van der Waals surface area contributed by atoms with E-state index in [4.69, 9.17) is 10.4 Å². The van der Waals surface area contributed by atoms with Crippen LogP contribution in [0.3, 0.4) is 0 Å². The SMILES string of the molecule is CC[C@@H](NC(=O)c1ccc(C#N)cc1)C(=O)O. The second kappa shape index (κ2) is 5.66. The first-order valence-electron chi connectivity index (χ1n) is 5.12. The van der Waals surface area contributed by atoms with Gasteiger partial charge in [-0.2, -0.15) is 5.26 Å². The highest BCUT2D eigenvalue weighted by molar-refractivity contribution is 5.96. The molecule has 1 aromatic carbocycles. The molecular weight excluding hydrogens is 220 g/mol. The molecule has 0 aliphatic carbocycles. The van der Waals surface area contributed by atoms with Crippen molar-refractivity contribution in [2.45, 2.75) is 19.4 Å². The lowest BCUT2D eigenvalue weighted by Gasteiger charge is -2.11. The predicted molar refractivity (Wildman–Crippen MR) is 60.3 cm³/mol. The van der Waals surface area contributed by atoms with Gasteiger partial charge in [-0.05, 0) is 30.7 Å². The fourth-order valence-corrected chi connectivity index (χ4v) is 1.28. The number of benzene rings is 1. The molecule has 0 fully saturated rings. The van der Waals surface area contributed by atoms with Crippen molar-refractivity contribution in [1.29, 1.82) is 5.26 Å². The lowest BCUT2D eigenvalue weighted by molar-refractivity contribution is -0.139. The highest BCUT2D eigenvalue weighted by atomic mass is 16.4. The van der Waals surface area contributed by atoms with Crippen molar-refractivity contribution < 1.29 is 14.7 Å². The number of nitrogens with zero attached hydrogens (tertiary/aromatic N) is 1. The Bertz CT molecular complexity index is 460. The molecule has 0 aliphatic rings. The van der Waals surface area contributed by atoms with Gasteiger partial charge < -0.3 is 10.4 Å². The lowest BCUT2D eigenvalue weighted by Crippen LogP contribution is -2.40. The van der Waals surface area contributed by atoms with Gasteiger partial charge in [0.1, 0.15) is 6.04 Å². The molecular formula is C12H12N2O3. The number of hydrogen-bond donors (Lipinski definition) is 2. The van der Waals surface area contributed by atoms with Crippen molar-refractivity contribution in [2.75, 3.05) is 0 Å². The third-order valence-corrected chi connectivity index (χ3v) is 2.29. The fourth-order valence-electron chi connectivity index (χ4n) is 1.28. The van der Waals surface area contributed by atoms with Gasteiger partial charge in [-0.15, -0.1) is 0 Å². The van der Waals surface area contributed by atoms with Gasteiger partial charge in [0.15, 0.2) is 0 Å². The van der Waals surface area contributed by atoms with Crippen LogP contribution in [0.4, 0.5) is 0 Å². The van der Waals surface area contributed by atoms with Crippen LogP contribution in [-0.4, -0.2) is 23.0 Å². The summed E-state index contributed by atoms with van der Waals surface area (Å²) >= 11 is 0. The standard InChI is InChI=1S/C12H12N2O3/c1-2-10(12(16)17)14-11(15)9-5-3-8(7-13)4-6-9/h3-6,10H,2H2,1H3,(H,14,15)(H,16,17)/t10-/m1/s1. The number of carbonyl (C=O) groups is 2. The van der Waals surface area contributed by atoms with E-state index in [9.17, 15) is 9.59 Å². The molecule has 17 heavy (non-hydrogen) atoms. The minimum Gasteiger partial charge on any atom is -0.480 e. The summed E-state index contributed by atoms with van der Waals surface area (Å²) in [5, 5.41) is 19.8. The van der Waals surface area contributed by atoms with Crippen LogP contribution in [0.5, 0.6) is 0 Å². The molecule has 0 aromatic heterocycles. The van der Waals surface area contributed by atoms with E-state index in [0.29, 0.717) is 17.5 Å². The van der Waals surface area contributed by atoms with Crippen LogP contribution in [0.15, 0.2) is 24.3 Å². The van der Waals surface area contributed by atoms with Crippen molar-refractivity contribution in [2.24, 2.45) is 0 Å². The molecule has 2 N–H and O–H groups in total. The van der Waals surface area contributed by atoms with Crippen molar-refractivity contribution in [3.63, 3.8) is 0 Å². The number of hydrogen-bond acceptors (Lipinski definition) is 3. The third kappa shape index (κ3) is 3.31. The first kappa shape index (κ1) is 12.7. The van der Waals surface area contributed by atoms with E-state index in [1.54, 1.807) is 6.92 Å². The normalized spacial score (nSPS) is 11.3. The highest BCUT2D eigenvalue weighted by Gasteiger charge is 2.18. The topological polar surface area (TPSA) is 90.2 Å². The van der Waals surface area contributed by atoms with E-state index in [-0.39, 0.29) is 0 Å². The van der Waals surface area contributed by atoms with E-state index in [2.05, 4.69) is 5.32 Å². The highest BCUT2D eigenvalue weighted by Crippen LogP contribution is 2.04. The molecule has 0 saturated carbocycles. The maximum absolute atomic E-state index is 11.7. The molecule has 0 spiro atoms. The number of rotatable bonds is 4. The molecule has 5 heteroatoms. The summed E-state index contributed by atoms with van der Waals surface area (Å²) in [7, 11) is 0. The smallest absolute Gasteiger partial charge is 0.326 e. The average molecular weight is 232 g/mol. The average Bonchev–Trinajstić information content (AvgIpc) is 2.35. The second-order valence-corrected chi connectivity index (χ2v) is 3.46. The summed E-state index contributed by atoms with van der Waals surface area (Å²) in [6, 6.07) is 7.05. The molecule has 0 unspecified atom stereocenters. The summed E-state index contributed by atoms with van der Waals surface area (Å²) < 4.78 is 0. The number of carboxylic acid groups (broad SMARTS) is 1. The van der Waals surface area contributed by atoms with E-state index in [1.807, 2.05) is 6.07 Å². The Morgan fingerprint density at radius 1 is 1.41 bits per heavy atom. The summed E-state index contributed by atoms with van der Waals surface area (Å²) in [6.07, 6.45) is 0.317. The fraction of sp³-hybridized carbons (Fsp3) is 0.250. The molecule has 1 rings (SSSR count). The van der Waals surface area contributed by atoms with Crippen molar-refractivity contribution >= 4 is 11.9 Å². The van der Waals surface area contributed by atoms with Crippen LogP contribution in [0.25, 0.3) is 0 Å². The molecule has 0 saturated heterocycles. The van der Waals surface area contributed by atoms with Gasteiger partial charge in [-0.25, -0.2) is 4.79 Å². The van der Waals surface area contributed by atoms with E-state index in [1.165, 1.54) is 24.3 Å². The number of carboxylic acids is 1. The number of nitrogens with one attached hydrogen (secondary N) is 1. The molecule has 1 atom stereocenters. The van der Waals surface area contributed by atoms with Crippen molar-refractivity contribution in [3.8, 4) is 6.07 Å². The first-order valence-corrected chi connectivity index (χ1v) is 5.12. The maximum Gasteiger partial charge on any atom is 0.326 e. The Balaban J connectivity index is 2.76. The Kier molecular flexibility index (Phi) is 4.23. The van der Waals surface area contributed by atoms with Crippen LogP contribution in [0.1, 0.15) is 29.3 Å². The van der Waals surface area contributed by atoms with Crippen molar-refractivity contribution in [3.05, 3.63) is 35.4 Å². The zero-order valence-corrected chi connectivity index (χ0v) is 9.30. The third-order valence-electron chi connectivity index (χ3n) is 2.29. The van der Waals surface area contributed by atoms with Crippen LogP contribution >= 0.6 is 0 Å². The zero-order valence-electron chi connectivity index (χ0n) is 9.30. The van der Waals surface area contributed by atoms with Crippen LogP contribution in [0.2, 0.25) is 0 Å². The van der Waals surface area contributed by atoms with Gasteiger partial charge in [0.25, 0.3) is 5.91 Å². The number of nitriles is 1. The molecule has 0 aliphatic heterocycles. The Morgan fingerprint density at radius 3 is 2.41 bits per heavy atom. The summed E-state index contributed by atoms with van der Waals surface area (Å²) in [6.45, 7) is 1.68. The Morgan fingerprint density at radius 2 is 2.00 bits per heavy atom. The van der Waals surface area contributed by atoms with Gasteiger partial charge in [0.2, 0.25) is 0 Å². The summed E-state index contributed by atoms with van der Waals surface area (Å²) in [5.41, 5.74) is 0.788. The first-order chi connectivity index (χ1) is 8.08. The van der Waals surface area contributed by atoms with Gasteiger partial charge in [0.05, 0.1) is 11.6 Å². The largest absolute Gasteiger partial charge is 0.480 e. The van der Waals surface area contributed by atoms with Gasteiger partial charge >= 0.3 is 5.97 Å². The minimum absolute atomic E-state index is 0.317. The lowest BCUT2D eigenvalue weighted by atomic mass is 10.1. The van der Waals surface area contributed by atoms with Gasteiger partial charge in [-0.3, -0.25) is 4.79 Å². The Labute approximate surface area is 98.7 Å². The van der Waals surface area contributed by atoms with E-state index in [0.717, 1.165) is 0 Å². The van der Waals surface area contributed by atoms with Crippen LogP contribution < -0.4 is 5.32 Å². The second-order valence-electron chi connectivity index (χ2n) is 3.46. The number of amides is 1. The molecule has 0 heterocycles. The monoisotopic (exact) mass is 232 g/mol. The predicted octanol–water partition coefficient (Wildman–Crippen LogP) is 1.15. The maximum atomic E-state index is 11.7. The van der Waals surface area contributed by atoms with Crippen LogP contribution in [0, 0.1) is 11.3 Å². The summed E-state index contributed by atoms with van der Waals surface area (Å²) in [4.78, 5) is 22.4. The van der Waals surface area contributed by atoms with Crippen molar-refractivity contribution in [1.82, 2.24) is 5.32 Å². The number of carbonyl (C=O) groups excluding carboxylic acids is 1. The molecule has 88 valence electrons. The van der Waals surface area contributed by atoms with Crippen LogP contribution in [-0.2, 0) is 4.79 Å². The van der Waals surface area contributed by atoms with E-state index >= 15 is 0 Å². The molecule has 0 radical (unpaired) electrons. The quantitative estimate of drug-likeness (QED) is 0.814. The zero-order chi connectivity index (χ0) is 12.8. The molecule has 0 bridgehead atoms. The van der Waals surface area contributed by atoms with E-state index < -0.39 is 17.9 Å².